The number of carbonyl (C=O) groups excluding carboxylic acids is 1. The fourth-order valence-electron chi connectivity index (χ4n) is 2.16. The Balaban J connectivity index is 1.82. The van der Waals surface area contributed by atoms with E-state index >= 15 is 0 Å². The molecule has 2 rings (SSSR count). The molecule has 1 amide bonds. The minimum Gasteiger partial charge on any atom is -0.464 e. The lowest BCUT2D eigenvalue weighted by molar-refractivity contribution is -0.129. The zero-order valence-corrected chi connectivity index (χ0v) is 11.7. The molecule has 0 fully saturated rings. The predicted octanol–water partition coefficient (Wildman–Crippen LogP) is 3.05. The van der Waals surface area contributed by atoms with Crippen LogP contribution in [0.1, 0.15) is 37.4 Å². The van der Waals surface area contributed by atoms with E-state index in [1.165, 1.54) is 0 Å². The number of hydrogen-bond acceptors (Lipinski definition) is 4. The molecule has 1 aromatic carbocycles. The number of aliphatic hydroxyl groups excluding tert-OH is 1. The molecule has 3 N–H and O–H groups in total. The van der Waals surface area contributed by atoms with Crippen molar-refractivity contribution >= 4 is 5.91 Å². The molecule has 0 aliphatic rings. The van der Waals surface area contributed by atoms with E-state index in [1.54, 1.807) is 11.7 Å². The number of furan rings is 1. The highest BCUT2D eigenvalue weighted by Crippen LogP contribution is 2.24. The Morgan fingerprint density at radius 2 is 1.95 bits per heavy atom. The first kappa shape index (κ1) is 15.3. The van der Waals surface area contributed by atoms with Gasteiger partial charge in [-0.3, -0.25) is 10.0 Å². The van der Waals surface area contributed by atoms with E-state index in [2.05, 4.69) is 0 Å². The van der Waals surface area contributed by atoms with Crippen molar-refractivity contribution < 1.29 is 19.5 Å². The summed E-state index contributed by atoms with van der Waals surface area (Å²) in [5.74, 6) is 0.401. The van der Waals surface area contributed by atoms with Crippen LogP contribution in [0.15, 0.2) is 47.1 Å². The van der Waals surface area contributed by atoms with Gasteiger partial charge in [0.25, 0.3) is 0 Å². The van der Waals surface area contributed by atoms with Crippen molar-refractivity contribution in [2.24, 2.45) is 0 Å². The van der Waals surface area contributed by atoms with Gasteiger partial charge >= 0.3 is 0 Å². The molecule has 1 heterocycles. The Bertz CT molecular complexity index is 548. The summed E-state index contributed by atoms with van der Waals surface area (Å²) in [5.41, 5.74) is 3.41. The van der Waals surface area contributed by atoms with Crippen molar-refractivity contribution in [3.8, 4) is 11.3 Å². The van der Waals surface area contributed by atoms with E-state index in [9.17, 15) is 9.90 Å². The van der Waals surface area contributed by atoms with Gasteiger partial charge in [0.15, 0.2) is 0 Å². The molecule has 0 saturated heterocycles. The van der Waals surface area contributed by atoms with Gasteiger partial charge in [0.1, 0.15) is 5.76 Å². The number of carbonyl (C=O) groups is 1. The lowest BCUT2D eigenvalue weighted by Crippen LogP contribution is -2.17. The summed E-state index contributed by atoms with van der Waals surface area (Å²) in [6.07, 6.45) is 3.27. The quantitative estimate of drug-likeness (QED) is 0.415. The molecule has 1 aromatic heterocycles. The largest absolute Gasteiger partial charge is 0.464 e. The molecule has 5 heteroatoms. The summed E-state index contributed by atoms with van der Waals surface area (Å²) in [4.78, 5) is 10.8. The molecular formula is C16H19NO4. The third-order valence-corrected chi connectivity index (χ3v) is 3.36. The van der Waals surface area contributed by atoms with E-state index in [-0.39, 0.29) is 6.42 Å². The average molecular weight is 289 g/mol. The smallest absolute Gasteiger partial charge is 0.243 e. The molecule has 1 atom stereocenters. The fourth-order valence-corrected chi connectivity index (χ4v) is 2.16. The highest BCUT2D eigenvalue weighted by molar-refractivity contribution is 5.74. The Hall–Kier alpha value is -2.11. The standard InChI is InChI=1S/C16H19NO4/c18-14(4-1-2-6-16(19)17-20)12-7-9-13(10-8-12)15-5-3-11-21-15/h3,5,7-11,14,18,20H,1-2,4,6H2,(H,17,19). The Labute approximate surface area is 123 Å². The molecule has 112 valence electrons. The maximum Gasteiger partial charge on any atom is 0.243 e. The molecule has 0 aliphatic carbocycles. The van der Waals surface area contributed by atoms with Gasteiger partial charge in [-0.1, -0.05) is 30.7 Å². The molecule has 2 aromatic rings. The second-order valence-electron chi connectivity index (χ2n) is 4.90. The molecule has 0 bridgehead atoms. The Morgan fingerprint density at radius 1 is 1.19 bits per heavy atom. The van der Waals surface area contributed by atoms with Crippen LogP contribution in [-0.4, -0.2) is 16.2 Å². The van der Waals surface area contributed by atoms with E-state index in [0.717, 1.165) is 16.9 Å². The molecule has 0 aliphatic heterocycles. The first-order valence-corrected chi connectivity index (χ1v) is 6.95. The van der Waals surface area contributed by atoms with Crippen LogP contribution in [0.25, 0.3) is 11.3 Å². The molecule has 0 radical (unpaired) electrons. The highest BCUT2D eigenvalue weighted by atomic mass is 16.5. The van der Waals surface area contributed by atoms with Gasteiger partial charge in [0.05, 0.1) is 12.4 Å². The van der Waals surface area contributed by atoms with Crippen LogP contribution in [0.3, 0.4) is 0 Å². The third-order valence-electron chi connectivity index (χ3n) is 3.36. The minimum absolute atomic E-state index is 0.265. The van der Waals surface area contributed by atoms with E-state index in [4.69, 9.17) is 9.62 Å². The average Bonchev–Trinajstić information content (AvgIpc) is 3.05. The topological polar surface area (TPSA) is 82.7 Å². The molecule has 21 heavy (non-hydrogen) atoms. The van der Waals surface area contributed by atoms with Crippen LogP contribution in [0.4, 0.5) is 0 Å². The number of amides is 1. The second-order valence-corrected chi connectivity index (χ2v) is 4.90. The van der Waals surface area contributed by atoms with Gasteiger partial charge in [0.2, 0.25) is 5.91 Å². The van der Waals surface area contributed by atoms with Gasteiger partial charge in [-0.2, -0.15) is 0 Å². The first-order chi connectivity index (χ1) is 10.2. The van der Waals surface area contributed by atoms with Gasteiger partial charge in [-0.05, 0) is 30.5 Å². The normalized spacial score (nSPS) is 12.1. The predicted molar refractivity (Wildman–Crippen MR) is 77.5 cm³/mol. The summed E-state index contributed by atoms with van der Waals surface area (Å²) >= 11 is 0. The minimum atomic E-state index is -0.548. The number of rotatable bonds is 7. The summed E-state index contributed by atoms with van der Waals surface area (Å²) in [6, 6.07) is 11.3. The number of benzene rings is 1. The van der Waals surface area contributed by atoms with E-state index < -0.39 is 12.0 Å². The molecule has 0 spiro atoms. The van der Waals surface area contributed by atoms with Crippen molar-refractivity contribution in [1.82, 2.24) is 5.48 Å². The van der Waals surface area contributed by atoms with Crippen LogP contribution in [0.5, 0.6) is 0 Å². The first-order valence-electron chi connectivity index (χ1n) is 6.95. The fraction of sp³-hybridized carbons (Fsp3) is 0.312. The summed E-state index contributed by atoms with van der Waals surface area (Å²) in [5, 5.41) is 18.5. The monoisotopic (exact) mass is 289 g/mol. The Morgan fingerprint density at radius 3 is 2.57 bits per heavy atom. The number of unbranched alkanes of at least 4 members (excludes halogenated alkanes) is 1. The lowest BCUT2D eigenvalue weighted by atomic mass is 10.0. The molecule has 5 nitrogen and oxygen atoms in total. The lowest BCUT2D eigenvalue weighted by Gasteiger charge is -2.11. The van der Waals surface area contributed by atoms with E-state index in [0.29, 0.717) is 19.3 Å². The Kier molecular flexibility index (Phi) is 5.54. The second kappa shape index (κ2) is 7.61. The zero-order chi connectivity index (χ0) is 15.1. The number of hydroxylamine groups is 1. The summed E-state index contributed by atoms with van der Waals surface area (Å²) < 4.78 is 5.31. The van der Waals surface area contributed by atoms with Gasteiger partial charge in [-0.15, -0.1) is 0 Å². The number of hydrogen-bond donors (Lipinski definition) is 3. The maximum absolute atomic E-state index is 10.8. The molecule has 0 saturated carbocycles. The van der Waals surface area contributed by atoms with Gasteiger partial charge in [0, 0.05) is 12.0 Å². The van der Waals surface area contributed by atoms with Crippen molar-refractivity contribution in [1.29, 1.82) is 0 Å². The third kappa shape index (κ3) is 4.44. The van der Waals surface area contributed by atoms with Gasteiger partial charge < -0.3 is 9.52 Å². The van der Waals surface area contributed by atoms with Gasteiger partial charge in [-0.25, -0.2) is 5.48 Å². The van der Waals surface area contributed by atoms with Crippen LogP contribution < -0.4 is 5.48 Å². The summed E-state index contributed by atoms with van der Waals surface area (Å²) in [6.45, 7) is 0. The maximum atomic E-state index is 10.8. The SMILES string of the molecule is O=C(CCCCC(O)c1ccc(-c2ccco2)cc1)NO. The van der Waals surface area contributed by atoms with Crippen molar-refractivity contribution in [3.05, 3.63) is 48.2 Å². The highest BCUT2D eigenvalue weighted by Gasteiger charge is 2.09. The van der Waals surface area contributed by atoms with Crippen molar-refractivity contribution in [2.75, 3.05) is 0 Å². The molecular weight excluding hydrogens is 270 g/mol. The van der Waals surface area contributed by atoms with E-state index in [1.807, 2.05) is 36.4 Å². The van der Waals surface area contributed by atoms with Crippen LogP contribution in [-0.2, 0) is 4.79 Å². The number of nitrogens with one attached hydrogen (secondary N) is 1. The molecule has 1 unspecified atom stereocenters. The van der Waals surface area contributed by atoms with Crippen LogP contribution in [0.2, 0.25) is 0 Å². The zero-order valence-electron chi connectivity index (χ0n) is 11.7. The number of aliphatic hydroxyl groups is 1. The summed E-state index contributed by atoms with van der Waals surface area (Å²) in [7, 11) is 0. The van der Waals surface area contributed by atoms with Crippen molar-refractivity contribution in [2.45, 2.75) is 31.8 Å². The van der Waals surface area contributed by atoms with Crippen LogP contribution in [0, 0.1) is 0 Å². The van der Waals surface area contributed by atoms with Crippen molar-refractivity contribution in [3.63, 3.8) is 0 Å². The van der Waals surface area contributed by atoms with Crippen LogP contribution >= 0.6 is 0 Å².